The highest BCUT2D eigenvalue weighted by molar-refractivity contribution is 8.00. The van der Waals surface area contributed by atoms with Crippen molar-refractivity contribution in [2.24, 2.45) is 0 Å². The van der Waals surface area contributed by atoms with Gasteiger partial charge in [-0.2, -0.15) is 5.26 Å². The van der Waals surface area contributed by atoms with Crippen LogP contribution in [0.5, 0.6) is 11.5 Å². The SMILES string of the molecule is COCCNCCCOc1cccc(Nc2nccc(-c3sc(SC)c(C#N)c3-c3cncc(OC)c3)n2)c1. The molecule has 0 bridgehead atoms. The normalized spacial score (nSPS) is 10.7. The molecule has 0 unspecified atom stereocenters. The molecule has 0 fully saturated rings. The molecule has 11 heteroatoms. The van der Waals surface area contributed by atoms with Crippen molar-refractivity contribution < 1.29 is 14.2 Å². The number of hydrogen-bond donors (Lipinski definition) is 2. The Kier molecular flexibility index (Phi) is 10.5. The van der Waals surface area contributed by atoms with Crippen molar-refractivity contribution in [3.63, 3.8) is 0 Å². The van der Waals surface area contributed by atoms with Crippen molar-refractivity contribution in [1.29, 1.82) is 5.26 Å². The third-order valence-corrected chi connectivity index (χ3v) is 7.97. The van der Waals surface area contributed by atoms with E-state index >= 15 is 0 Å². The summed E-state index contributed by atoms with van der Waals surface area (Å²) in [5, 5.41) is 16.6. The molecule has 2 N–H and O–H groups in total. The zero-order valence-corrected chi connectivity index (χ0v) is 23.7. The number of aromatic nitrogens is 3. The summed E-state index contributed by atoms with van der Waals surface area (Å²) in [5.74, 6) is 1.83. The van der Waals surface area contributed by atoms with Gasteiger partial charge in [-0.3, -0.25) is 4.98 Å². The second-order valence-electron chi connectivity index (χ2n) is 8.26. The highest BCUT2D eigenvalue weighted by Crippen LogP contribution is 2.46. The average molecular weight is 563 g/mol. The van der Waals surface area contributed by atoms with Crippen LogP contribution in [-0.4, -0.2) is 61.7 Å². The molecule has 4 aromatic rings. The maximum Gasteiger partial charge on any atom is 0.227 e. The molecule has 0 spiro atoms. The zero-order chi connectivity index (χ0) is 27.5. The van der Waals surface area contributed by atoms with Crippen LogP contribution in [0.15, 0.2) is 59.2 Å². The number of nitrogens with zero attached hydrogens (tertiary/aromatic N) is 4. The molecule has 202 valence electrons. The van der Waals surface area contributed by atoms with Crippen LogP contribution in [0.2, 0.25) is 0 Å². The molecular weight excluding hydrogens is 532 g/mol. The van der Waals surface area contributed by atoms with Crippen LogP contribution < -0.4 is 20.1 Å². The van der Waals surface area contributed by atoms with E-state index in [2.05, 4.69) is 26.7 Å². The third kappa shape index (κ3) is 7.46. The van der Waals surface area contributed by atoms with Crippen LogP contribution in [0.1, 0.15) is 12.0 Å². The first-order valence-electron chi connectivity index (χ1n) is 12.3. The summed E-state index contributed by atoms with van der Waals surface area (Å²) in [6.45, 7) is 3.00. The van der Waals surface area contributed by atoms with Crippen molar-refractivity contribution in [2.75, 3.05) is 52.1 Å². The standard InChI is InChI=1S/C28H30N6O3S2/c1-35-13-11-30-9-5-12-37-21-7-4-6-20(15-21)33-28-32-10-8-24(34-28)26-25(23(16-29)27(38-3)39-26)19-14-22(36-2)18-31-17-19/h4,6-8,10,14-15,17-18,30H,5,9,11-13H2,1-3H3,(H,32,33,34). The highest BCUT2D eigenvalue weighted by Gasteiger charge is 2.22. The quantitative estimate of drug-likeness (QED) is 0.148. The van der Waals surface area contributed by atoms with Crippen LogP contribution in [0.4, 0.5) is 11.6 Å². The number of nitrogens with one attached hydrogen (secondary N) is 2. The van der Waals surface area contributed by atoms with Crippen molar-refractivity contribution in [3.05, 3.63) is 60.6 Å². The lowest BCUT2D eigenvalue weighted by Crippen LogP contribution is -2.21. The molecule has 0 radical (unpaired) electrons. The first-order valence-corrected chi connectivity index (χ1v) is 14.3. The lowest BCUT2D eigenvalue weighted by molar-refractivity contribution is 0.198. The Morgan fingerprint density at radius 2 is 1.97 bits per heavy atom. The predicted octanol–water partition coefficient (Wildman–Crippen LogP) is 5.62. The summed E-state index contributed by atoms with van der Waals surface area (Å²) in [6.07, 6.45) is 7.94. The Labute approximate surface area is 236 Å². The number of pyridine rings is 1. The molecule has 3 heterocycles. The van der Waals surface area contributed by atoms with Gasteiger partial charge in [-0.25, -0.2) is 9.97 Å². The van der Waals surface area contributed by atoms with Gasteiger partial charge in [-0.1, -0.05) is 6.07 Å². The monoisotopic (exact) mass is 562 g/mol. The van der Waals surface area contributed by atoms with Crippen molar-refractivity contribution in [1.82, 2.24) is 20.3 Å². The Hall–Kier alpha value is -3.69. The molecule has 4 rings (SSSR count). The van der Waals surface area contributed by atoms with Crippen LogP contribution >= 0.6 is 23.1 Å². The maximum absolute atomic E-state index is 10.0. The summed E-state index contributed by atoms with van der Waals surface area (Å²) in [5.41, 5.74) is 3.71. The number of anilines is 2. The summed E-state index contributed by atoms with van der Waals surface area (Å²) < 4.78 is 17.2. The molecule has 0 aliphatic heterocycles. The predicted molar refractivity (Wildman–Crippen MR) is 156 cm³/mol. The summed E-state index contributed by atoms with van der Waals surface area (Å²) in [6, 6.07) is 13.8. The molecule has 1 aromatic carbocycles. The van der Waals surface area contributed by atoms with Gasteiger partial charge in [-0.15, -0.1) is 23.1 Å². The van der Waals surface area contributed by atoms with E-state index in [4.69, 9.17) is 19.2 Å². The van der Waals surface area contributed by atoms with Crippen LogP contribution in [0.3, 0.4) is 0 Å². The van der Waals surface area contributed by atoms with Gasteiger partial charge in [-0.05, 0) is 43.5 Å². The van der Waals surface area contributed by atoms with Gasteiger partial charge in [0.1, 0.15) is 17.6 Å². The minimum Gasteiger partial charge on any atom is -0.495 e. The zero-order valence-electron chi connectivity index (χ0n) is 22.1. The van der Waals surface area contributed by atoms with Gasteiger partial charge >= 0.3 is 0 Å². The second-order valence-corrected chi connectivity index (χ2v) is 10.4. The van der Waals surface area contributed by atoms with Gasteiger partial charge in [0.15, 0.2) is 0 Å². The van der Waals surface area contributed by atoms with E-state index in [9.17, 15) is 5.26 Å². The number of ether oxygens (including phenoxy) is 3. The van der Waals surface area contributed by atoms with Crippen molar-refractivity contribution in [3.8, 4) is 39.3 Å². The molecule has 0 saturated carbocycles. The largest absolute Gasteiger partial charge is 0.495 e. The van der Waals surface area contributed by atoms with Gasteiger partial charge < -0.3 is 24.8 Å². The second kappa shape index (κ2) is 14.5. The molecule has 9 nitrogen and oxygen atoms in total. The minimum absolute atomic E-state index is 0.444. The molecule has 0 aliphatic rings. The topological polar surface area (TPSA) is 114 Å². The highest BCUT2D eigenvalue weighted by atomic mass is 32.2. The number of thiophene rings is 1. The number of nitriles is 1. The Balaban J connectivity index is 1.53. The maximum atomic E-state index is 10.0. The molecule has 0 aliphatic carbocycles. The molecule has 3 aromatic heterocycles. The Morgan fingerprint density at radius 3 is 2.77 bits per heavy atom. The minimum atomic E-state index is 0.444. The summed E-state index contributed by atoms with van der Waals surface area (Å²) >= 11 is 3.07. The number of thioether (sulfide) groups is 1. The van der Waals surface area contributed by atoms with E-state index in [0.717, 1.165) is 51.2 Å². The summed E-state index contributed by atoms with van der Waals surface area (Å²) in [4.78, 5) is 14.4. The van der Waals surface area contributed by atoms with E-state index in [1.165, 1.54) is 23.1 Å². The van der Waals surface area contributed by atoms with Gasteiger partial charge in [0.05, 0.1) is 46.9 Å². The van der Waals surface area contributed by atoms with E-state index in [-0.39, 0.29) is 0 Å². The van der Waals surface area contributed by atoms with Crippen molar-refractivity contribution >= 4 is 34.7 Å². The fourth-order valence-electron chi connectivity index (χ4n) is 3.80. The van der Waals surface area contributed by atoms with E-state index in [1.807, 2.05) is 42.7 Å². The van der Waals surface area contributed by atoms with E-state index in [1.54, 1.807) is 32.8 Å². The molecule has 0 amide bonds. The smallest absolute Gasteiger partial charge is 0.227 e. The lowest BCUT2D eigenvalue weighted by Gasteiger charge is -2.10. The van der Waals surface area contributed by atoms with Crippen LogP contribution in [0.25, 0.3) is 21.7 Å². The molecule has 39 heavy (non-hydrogen) atoms. The molecule has 0 saturated heterocycles. The van der Waals surface area contributed by atoms with E-state index in [0.29, 0.717) is 36.2 Å². The number of benzene rings is 1. The van der Waals surface area contributed by atoms with E-state index < -0.39 is 0 Å². The fraction of sp³-hybridized carbons (Fsp3) is 0.286. The lowest BCUT2D eigenvalue weighted by atomic mass is 10.0. The Morgan fingerprint density at radius 1 is 1.08 bits per heavy atom. The van der Waals surface area contributed by atoms with Gasteiger partial charge in [0.25, 0.3) is 0 Å². The summed E-state index contributed by atoms with van der Waals surface area (Å²) in [7, 11) is 3.29. The number of methoxy groups -OCH3 is 2. The van der Waals surface area contributed by atoms with Crippen LogP contribution in [0, 0.1) is 11.3 Å². The van der Waals surface area contributed by atoms with Crippen molar-refractivity contribution in [2.45, 2.75) is 10.6 Å². The number of rotatable bonds is 14. The fourth-order valence-corrected chi connectivity index (χ4v) is 5.71. The molecular formula is C28H30N6O3S2. The first kappa shape index (κ1) is 28.3. The molecule has 0 atom stereocenters. The van der Waals surface area contributed by atoms with Gasteiger partial charge in [0, 0.05) is 48.9 Å². The van der Waals surface area contributed by atoms with Crippen LogP contribution in [-0.2, 0) is 4.74 Å². The average Bonchev–Trinajstić information content (AvgIpc) is 3.36. The Bertz CT molecular complexity index is 1420. The first-order chi connectivity index (χ1) is 19.2. The number of hydrogen-bond acceptors (Lipinski definition) is 11. The van der Waals surface area contributed by atoms with Gasteiger partial charge in [0.2, 0.25) is 5.95 Å². The third-order valence-electron chi connectivity index (χ3n) is 5.64.